The number of hydrogen-bond acceptors (Lipinski definition) is 8. The Hall–Kier alpha value is -3.69. The highest BCUT2D eigenvalue weighted by Crippen LogP contribution is 2.46. The lowest BCUT2D eigenvalue weighted by Crippen LogP contribution is -2.34. The number of carbonyl (C=O) groups is 1. The zero-order chi connectivity index (χ0) is 28.4. The van der Waals surface area contributed by atoms with Gasteiger partial charge >= 0.3 is 0 Å². The molecule has 2 aromatic heterocycles. The van der Waals surface area contributed by atoms with Crippen LogP contribution in [0.2, 0.25) is 5.02 Å². The Bertz CT molecular complexity index is 1420. The van der Waals surface area contributed by atoms with Gasteiger partial charge in [0.05, 0.1) is 25.3 Å². The maximum Gasteiger partial charge on any atom is 0.272 e. The first-order valence-corrected chi connectivity index (χ1v) is 13.3. The van der Waals surface area contributed by atoms with Gasteiger partial charge in [-0.3, -0.25) is 9.78 Å². The first kappa shape index (κ1) is 28.3. The summed E-state index contributed by atoms with van der Waals surface area (Å²) < 4.78 is 6.03. The first-order valence-electron chi connectivity index (χ1n) is 12.9. The summed E-state index contributed by atoms with van der Waals surface area (Å²) in [5.74, 6) is 1.65. The number of amides is 1. The number of benzene rings is 1. The number of hydrogen-bond donors (Lipinski definition) is 2. The standard InChI is InChI=1S/C29H35ClN6O3/c1-7-19-14-36(28-25(16(19)2)27(31)33-15-34-28)18(4)21-12-22(30)17(3)24(26(21)39-6)20-8-9-23(32-13-20)29(38)35(5)10-11-37/h8-9,12-13,15,18,37H,7,10-11,14H2,1-6H3,(H2,31,33,34). The third-order valence-corrected chi connectivity index (χ3v) is 7.89. The van der Waals surface area contributed by atoms with Crippen molar-refractivity contribution in [1.29, 1.82) is 0 Å². The molecule has 9 nitrogen and oxygen atoms in total. The summed E-state index contributed by atoms with van der Waals surface area (Å²) in [6.07, 6.45) is 4.03. The number of ether oxygens (including phenoxy) is 1. The highest BCUT2D eigenvalue weighted by atomic mass is 35.5. The van der Waals surface area contributed by atoms with Gasteiger partial charge in [0.2, 0.25) is 0 Å². The summed E-state index contributed by atoms with van der Waals surface area (Å²) in [5.41, 5.74) is 13.2. The van der Waals surface area contributed by atoms with Crippen molar-refractivity contribution in [2.75, 3.05) is 44.5 Å². The summed E-state index contributed by atoms with van der Waals surface area (Å²) in [5, 5.41) is 9.75. The van der Waals surface area contributed by atoms with Gasteiger partial charge in [0.15, 0.2) is 0 Å². The Morgan fingerprint density at radius 3 is 2.62 bits per heavy atom. The molecule has 0 spiro atoms. The topological polar surface area (TPSA) is 118 Å². The van der Waals surface area contributed by atoms with Gasteiger partial charge in [-0.25, -0.2) is 9.97 Å². The summed E-state index contributed by atoms with van der Waals surface area (Å²) in [6.45, 7) is 9.05. The molecule has 10 heteroatoms. The van der Waals surface area contributed by atoms with Crippen LogP contribution in [0.4, 0.5) is 11.6 Å². The van der Waals surface area contributed by atoms with Crippen LogP contribution in [0.3, 0.4) is 0 Å². The fraction of sp³-hybridized carbons (Fsp3) is 0.379. The number of carbonyl (C=O) groups excluding carboxylic acids is 1. The zero-order valence-electron chi connectivity index (χ0n) is 23.2. The average Bonchev–Trinajstić information content (AvgIpc) is 2.94. The maximum atomic E-state index is 12.6. The van der Waals surface area contributed by atoms with Crippen molar-refractivity contribution in [3.8, 4) is 16.9 Å². The van der Waals surface area contributed by atoms with E-state index >= 15 is 0 Å². The van der Waals surface area contributed by atoms with E-state index in [1.54, 1.807) is 26.4 Å². The number of aliphatic hydroxyl groups excluding tert-OH is 1. The molecule has 4 rings (SSSR count). The van der Waals surface area contributed by atoms with Crippen LogP contribution in [0.15, 0.2) is 36.3 Å². The van der Waals surface area contributed by atoms with E-state index in [1.165, 1.54) is 16.8 Å². The van der Waals surface area contributed by atoms with Gasteiger partial charge in [0, 0.05) is 48.0 Å². The minimum absolute atomic E-state index is 0.116. The van der Waals surface area contributed by atoms with Crippen LogP contribution in [-0.4, -0.2) is 64.7 Å². The Kier molecular flexibility index (Phi) is 8.42. The number of aliphatic hydroxyl groups is 1. The van der Waals surface area contributed by atoms with Gasteiger partial charge in [-0.15, -0.1) is 0 Å². The number of nitrogens with zero attached hydrogens (tertiary/aromatic N) is 5. The van der Waals surface area contributed by atoms with E-state index in [2.05, 4.69) is 40.6 Å². The number of aromatic nitrogens is 3. The number of rotatable bonds is 8. The van der Waals surface area contributed by atoms with Crippen LogP contribution in [0.1, 0.15) is 60.4 Å². The van der Waals surface area contributed by atoms with Crippen molar-refractivity contribution in [2.24, 2.45) is 0 Å². The van der Waals surface area contributed by atoms with E-state index in [0.717, 1.165) is 45.6 Å². The molecular weight excluding hydrogens is 516 g/mol. The Morgan fingerprint density at radius 1 is 1.26 bits per heavy atom. The highest BCUT2D eigenvalue weighted by molar-refractivity contribution is 6.32. The zero-order valence-corrected chi connectivity index (χ0v) is 24.0. The number of methoxy groups -OCH3 is 1. The molecule has 1 unspecified atom stereocenters. The van der Waals surface area contributed by atoms with Crippen molar-refractivity contribution in [3.63, 3.8) is 0 Å². The third kappa shape index (κ3) is 5.16. The number of allylic oxidation sites excluding steroid dienone is 1. The second-order valence-electron chi connectivity index (χ2n) is 9.71. The van der Waals surface area contributed by atoms with Gasteiger partial charge < -0.3 is 25.4 Å². The Labute approximate surface area is 234 Å². The number of fused-ring (bicyclic) bond motifs is 1. The van der Waals surface area contributed by atoms with Crippen LogP contribution >= 0.6 is 11.6 Å². The lowest BCUT2D eigenvalue weighted by molar-refractivity contribution is 0.0761. The van der Waals surface area contributed by atoms with Crippen molar-refractivity contribution in [3.05, 3.63) is 63.7 Å². The SMILES string of the molecule is CCC1=C(C)c2c(N)ncnc2N(C(C)c2cc(Cl)c(C)c(-c3ccc(C(=O)N(C)CCO)nc3)c2OC)C1. The molecule has 0 fully saturated rings. The van der Waals surface area contributed by atoms with Crippen molar-refractivity contribution in [1.82, 2.24) is 19.9 Å². The van der Waals surface area contributed by atoms with Crippen molar-refractivity contribution < 1.29 is 14.6 Å². The predicted molar refractivity (Wildman–Crippen MR) is 155 cm³/mol. The fourth-order valence-electron chi connectivity index (χ4n) is 5.15. The molecule has 3 aromatic rings. The number of nitrogens with two attached hydrogens (primary N) is 1. The monoisotopic (exact) mass is 550 g/mol. The summed E-state index contributed by atoms with van der Waals surface area (Å²) in [7, 11) is 3.27. The van der Waals surface area contributed by atoms with Crippen LogP contribution < -0.4 is 15.4 Å². The van der Waals surface area contributed by atoms with Crippen LogP contribution in [0, 0.1) is 6.92 Å². The second-order valence-corrected chi connectivity index (χ2v) is 10.1. The minimum atomic E-state index is -0.264. The van der Waals surface area contributed by atoms with E-state index in [-0.39, 0.29) is 25.1 Å². The minimum Gasteiger partial charge on any atom is -0.496 e. The number of nitrogen functional groups attached to an aromatic ring is 1. The number of halogens is 1. The van der Waals surface area contributed by atoms with Crippen LogP contribution in [0.5, 0.6) is 5.75 Å². The normalized spacial score (nSPS) is 13.8. The van der Waals surface area contributed by atoms with E-state index in [9.17, 15) is 4.79 Å². The largest absolute Gasteiger partial charge is 0.496 e. The van der Waals surface area contributed by atoms with E-state index in [1.807, 2.05) is 19.1 Å². The van der Waals surface area contributed by atoms with Crippen LogP contribution in [-0.2, 0) is 0 Å². The molecule has 0 saturated carbocycles. The van der Waals surface area contributed by atoms with Crippen molar-refractivity contribution in [2.45, 2.75) is 40.2 Å². The molecule has 3 N–H and O–H groups in total. The molecule has 0 saturated heterocycles. The molecule has 0 aliphatic carbocycles. The number of likely N-dealkylation sites (N-methyl/N-ethyl adjacent to an activating group) is 1. The summed E-state index contributed by atoms with van der Waals surface area (Å²) in [4.78, 5) is 29.6. The predicted octanol–water partition coefficient (Wildman–Crippen LogP) is 4.92. The van der Waals surface area contributed by atoms with Crippen molar-refractivity contribution >= 4 is 34.7 Å². The molecule has 1 amide bonds. The highest BCUT2D eigenvalue weighted by Gasteiger charge is 2.31. The van der Waals surface area contributed by atoms with E-state index in [0.29, 0.717) is 28.8 Å². The number of anilines is 2. The van der Waals surface area contributed by atoms with Gasteiger partial charge in [0.1, 0.15) is 29.4 Å². The number of pyridine rings is 1. The summed E-state index contributed by atoms with van der Waals surface area (Å²) in [6, 6.07) is 5.30. The smallest absolute Gasteiger partial charge is 0.272 e. The fourth-order valence-corrected chi connectivity index (χ4v) is 5.36. The molecule has 1 aliphatic rings. The van der Waals surface area contributed by atoms with Gasteiger partial charge in [-0.1, -0.05) is 24.6 Å². The molecular formula is C29H35ClN6O3. The first-order chi connectivity index (χ1) is 18.6. The Balaban J connectivity index is 1.81. The molecule has 1 aromatic carbocycles. The second kappa shape index (κ2) is 11.6. The molecule has 206 valence electrons. The maximum absolute atomic E-state index is 12.6. The average molecular weight is 551 g/mol. The lowest BCUT2D eigenvalue weighted by Gasteiger charge is -2.38. The van der Waals surface area contributed by atoms with Gasteiger partial charge in [-0.05, 0) is 56.0 Å². The molecule has 1 atom stereocenters. The molecule has 3 heterocycles. The van der Waals surface area contributed by atoms with E-state index < -0.39 is 0 Å². The van der Waals surface area contributed by atoms with Gasteiger partial charge in [-0.2, -0.15) is 0 Å². The Morgan fingerprint density at radius 2 is 2.00 bits per heavy atom. The molecule has 39 heavy (non-hydrogen) atoms. The van der Waals surface area contributed by atoms with Crippen LogP contribution in [0.25, 0.3) is 16.7 Å². The van der Waals surface area contributed by atoms with E-state index in [4.69, 9.17) is 27.2 Å². The lowest BCUT2D eigenvalue weighted by atomic mass is 9.91. The molecule has 1 aliphatic heterocycles. The molecule has 0 radical (unpaired) electrons. The quantitative estimate of drug-likeness (QED) is 0.406. The molecule has 0 bridgehead atoms. The van der Waals surface area contributed by atoms with Gasteiger partial charge in [0.25, 0.3) is 5.91 Å². The summed E-state index contributed by atoms with van der Waals surface area (Å²) >= 11 is 6.81. The third-order valence-electron chi connectivity index (χ3n) is 7.50.